The minimum Gasteiger partial charge on any atom is -0.456 e. The first-order valence-corrected chi connectivity index (χ1v) is 19.3. The fourth-order valence-electron chi connectivity index (χ4n) is 9.53. The highest BCUT2D eigenvalue weighted by atomic mass is 31.0. The average Bonchev–Trinajstić information content (AvgIpc) is 3.19. The highest BCUT2D eigenvalue weighted by Gasteiger charge is 2.76. The lowest BCUT2D eigenvalue weighted by Gasteiger charge is -2.66. The maximum absolute atomic E-state index is 14.7. The maximum Gasteiger partial charge on any atom is 0.338 e. The Morgan fingerprint density at radius 2 is 1.46 bits per heavy atom. The molecule has 1 aliphatic heterocycles. The zero-order valence-corrected chi connectivity index (χ0v) is 32.8. The predicted molar refractivity (Wildman–Crippen MR) is 207 cm³/mol. The van der Waals surface area contributed by atoms with E-state index in [9.17, 15) is 39.9 Å². The van der Waals surface area contributed by atoms with E-state index in [1.54, 1.807) is 69.3 Å². The molecule has 56 heavy (non-hydrogen) atoms. The monoisotopic (exact) mass is 785 g/mol. The number of rotatable bonds is 8. The van der Waals surface area contributed by atoms with Gasteiger partial charge in [-0.1, -0.05) is 102 Å². The lowest BCUT2D eigenvalue weighted by molar-refractivity contribution is -0.343. The van der Waals surface area contributed by atoms with E-state index in [-0.39, 0.29) is 29.7 Å². The molecule has 13 heteroatoms. The van der Waals surface area contributed by atoms with Crippen LogP contribution < -0.4 is 0 Å². The Balaban J connectivity index is 1.33. The van der Waals surface area contributed by atoms with E-state index in [2.05, 4.69) is 9.24 Å². The molecular formula is C43H48NO11P. The van der Waals surface area contributed by atoms with Gasteiger partial charge >= 0.3 is 11.9 Å². The molecule has 1 saturated heterocycles. The minimum atomic E-state index is -2.26. The third-order valence-corrected chi connectivity index (χ3v) is 13.4. The first kappa shape index (κ1) is 40.1. The largest absolute Gasteiger partial charge is 0.456 e. The Bertz CT molecular complexity index is 2060. The third-order valence-electron chi connectivity index (χ3n) is 12.9. The lowest BCUT2D eigenvalue weighted by Crippen LogP contribution is -2.81. The van der Waals surface area contributed by atoms with Crippen LogP contribution in [0.25, 0.3) is 0 Å². The summed E-state index contributed by atoms with van der Waals surface area (Å²) in [5, 5.41) is 61.1. The number of benzene rings is 3. The van der Waals surface area contributed by atoms with Crippen LogP contribution in [0.2, 0.25) is 0 Å². The molecule has 3 aromatic carbocycles. The number of ketones is 1. The van der Waals surface area contributed by atoms with Gasteiger partial charge in [-0.05, 0) is 48.3 Å². The number of carbonyl (C=O) groups is 3. The standard InChI is InChI=1S/C43H48NO11P/c1-23-27(54-39(50)33(47)31(24-14-8-5-9-15-24)44-37(56)25-16-10-6-11-17-25)21-43(52)36(55-38(49)26-18-12-7-13-19-26)34-41(4,28(45)20-29-42(34,51)22-53-29)35(48)32(46)30(23)40(43,2)3/h5-19,27-29,31-34,36,45-47,51-52H,20-22,56H2,1-4H3/t27?,28?,29?,31?,32?,33?,34?,36?,41-,42?,43?/m1/s1. The number of carbonyl (C=O) groups excluding carboxylic acids is 3. The first-order valence-electron chi connectivity index (χ1n) is 18.7. The molecule has 11 unspecified atom stereocenters. The molecule has 296 valence electrons. The van der Waals surface area contributed by atoms with Crippen LogP contribution in [-0.2, 0) is 23.8 Å². The molecule has 5 N–H and O–H groups in total. The molecule has 4 aliphatic rings. The van der Waals surface area contributed by atoms with Gasteiger partial charge in [0, 0.05) is 24.2 Å². The Labute approximate surface area is 327 Å². The molecule has 7 rings (SSSR count). The molecule has 3 aromatic rings. The molecule has 0 aromatic heterocycles. The molecule has 12 nitrogen and oxygen atoms in total. The first-order chi connectivity index (χ1) is 26.5. The highest BCUT2D eigenvalue weighted by molar-refractivity contribution is 7.42. The summed E-state index contributed by atoms with van der Waals surface area (Å²) in [5.41, 5.74) is -5.54. The number of aliphatic hydroxyl groups is 5. The van der Waals surface area contributed by atoms with Crippen molar-refractivity contribution in [3.05, 3.63) is 119 Å². The molecule has 0 spiro atoms. The van der Waals surface area contributed by atoms with E-state index in [0.717, 1.165) is 5.56 Å². The van der Waals surface area contributed by atoms with Gasteiger partial charge in [-0.15, -0.1) is 0 Å². The number of aliphatic imine (C=N–C) groups is 1. The topological polar surface area (TPSA) is 192 Å². The Hall–Kier alpha value is -4.13. The van der Waals surface area contributed by atoms with E-state index in [4.69, 9.17) is 19.2 Å². The second-order valence-corrected chi connectivity index (χ2v) is 16.8. The van der Waals surface area contributed by atoms with Gasteiger partial charge in [-0.2, -0.15) is 0 Å². The van der Waals surface area contributed by atoms with Crippen molar-refractivity contribution in [3.63, 3.8) is 0 Å². The van der Waals surface area contributed by atoms with Crippen molar-refractivity contribution in [2.75, 3.05) is 6.61 Å². The maximum atomic E-state index is 14.7. The van der Waals surface area contributed by atoms with Gasteiger partial charge < -0.3 is 39.7 Å². The number of nitrogens with zero attached hydrogens (tertiary/aromatic N) is 1. The second kappa shape index (κ2) is 14.7. The fourth-order valence-corrected chi connectivity index (χ4v) is 9.88. The van der Waals surface area contributed by atoms with Crippen LogP contribution in [-0.4, -0.2) is 103 Å². The Kier molecular flexibility index (Phi) is 10.5. The average molecular weight is 786 g/mol. The van der Waals surface area contributed by atoms with Gasteiger partial charge in [-0.25, -0.2) is 9.59 Å². The summed E-state index contributed by atoms with van der Waals surface area (Å²) in [4.78, 5) is 47.6. The molecule has 12 atom stereocenters. The summed E-state index contributed by atoms with van der Waals surface area (Å²) < 4.78 is 18.0. The van der Waals surface area contributed by atoms with E-state index in [1.807, 2.05) is 30.3 Å². The number of ether oxygens (including phenoxy) is 3. The van der Waals surface area contributed by atoms with Gasteiger partial charge in [0.25, 0.3) is 0 Å². The van der Waals surface area contributed by atoms with Crippen molar-refractivity contribution in [1.82, 2.24) is 0 Å². The van der Waals surface area contributed by atoms with E-state index >= 15 is 0 Å². The summed E-state index contributed by atoms with van der Waals surface area (Å²) in [5.74, 6) is -4.32. The van der Waals surface area contributed by atoms with Gasteiger partial charge in [0.15, 0.2) is 11.9 Å². The molecular weight excluding hydrogens is 737 g/mol. The smallest absolute Gasteiger partial charge is 0.338 e. The molecule has 2 bridgehead atoms. The van der Waals surface area contributed by atoms with Gasteiger partial charge in [0.2, 0.25) is 0 Å². The molecule has 0 amide bonds. The van der Waals surface area contributed by atoms with Gasteiger partial charge in [0.05, 0.1) is 35.2 Å². The Morgan fingerprint density at radius 3 is 2.04 bits per heavy atom. The number of aliphatic hydroxyl groups excluding tert-OH is 3. The summed E-state index contributed by atoms with van der Waals surface area (Å²) >= 11 is 0. The van der Waals surface area contributed by atoms with Crippen LogP contribution in [0.4, 0.5) is 0 Å². The summed E-state index contributed by atoms with van der Waals surface area (Å²) in [6.07, 6.45) is -9.91. The van der Waals surface area contributed by atoms with Gasteiger partial charge in [-0.3, -0.25) is 9.79 Å². The van der Waals surface area contributed by atoms with Crippen molar-refractivity contribution >= 4 is 32.4 Å². The third kappa shape index (κ3) is 6.27. The van der Waals surface area contributed by atoms with Crippen LogP contribution in [0.15, 0.2) is 107 Å². The number of fused-ring (bicyclic) bond motifs is 5. The normalized spacial score (nSPS) is 34.8. The molecule has 1 heterocycles. The van der Waals surface area contributed by atoms with Crippen molar-refractivity contribution in [3.8, 4) is 0 Å². The van der Waals surface area contributed by atoms with Crippen molar-refractivity contribution in [2.24, 2.45) is 21.7 Å². The zero-order valence-electron chi connectivity index (χ0n) is 31.6. The predicted octanol–water partition coefficient (Wildman–Crippen LogP) is 3.49. The van der Waals surface area contributed by atoms with Crippen LogP contribution >= 0.6 is 9.24 Å². The lowest BCUT2D eigenvalue weighted by atomic mass is 9.44. The quantitative estimate of drug-likeness (QED) is 0.0973. The van der Waals surface area contributed by atoms with Crippen molar-refractivity contribution in [1.29, 1.82) is 0 Å². The van der Waals surface area contributed by atoms with E-state index in [1.165, 1.54) is 19.1 Å². The molecule has 0 radical (unpaired) electrons. The van der Waals surface area contributed by atoms with Gasteiger partial charge in [0.1, 0.15) is 35.6 Å². The van der Waals surface area contributed by atoms with E-state index in [0.29, 0.717) is 11.0 Å². The summed E-state index contributed by atoms with van der Waals surface area (Å²) in [6.45, 7) is 5.85. The SMILES string of the molecule is CC1=C2C(O)C(=O)[C@]3(C)C(O)CC4OCC4(O)C3C(OC(=O)c3ccccc3)C(O)(CC1OC(=O)C(O)C(N=C(P)c1ccccc1)c1ccccc1)C2(C)C. The van der Waals surface area contributed by atoms with Crippen LogP contribution in [0, 0.1) is 16.7 Å². The van der Waals surface area contributed by atoms with E-state index < -0.39 is 94.8 Å². The minimum absolute atomic E-state index is 0.00380. The number of hydrogen-bond donors (Lipinski definition) is 5. The second-order valence-electron chi connectivity index (χ2n) is 16.2. The van der Waals surface area contributed by atoms with Crippen LogP contribution in [0.1, 0.15) is 68.1 Å². The number of hydrogen-bond acceptors (Lipinski definition) is 12. The van der Waals surface area contributed by atoms with Crippen molar-refractivity contribution < 1.29 is 54.1 Å². The summed E-state index contributed by atoms with van der Waals surface area (Å²) in [6, 6.07) is 24.8. The van der Waals surface area contributed by atoms with Crippen LogP contribution in [0.5, 0.6) is 0 Å². The fraction of sp³-hybridized carbons (Fsp3) is 0.442. The highest BCUT2D eigenvalue weighted by Crippen LogP contribution is 2.63. The molecule has 2 saturated carbocycles. The molecule has 3 fully saturated rings. The number of Topliss-reactive ketones (excluding diaryl/α,β-unsaturated/α-hetero) is 1. The zero-order chi connectivity index (χ0) is 40.4. The number of esters is 2. The van der Waals surface area contributed by atoms with Crippen LogP contribution in [0.3, 0.4) is 0 Å². The Morgan fingerprint density at radius 1 is 0.893 bits per heavy atom. The summed E-state index contributed by atoms with van der Waals surface area (Å²) in [7, 11) is 2.53. The van der Waals surface area contributed by atoms with Crippen molar-refractivity contribution in [2.45, 2.75) is 94.4 Å². The molecule has 3 aliphatic carbocycles.